The number of imide groups is 1. The number of hydrogen-bond donors (Lipinski definition) is 1. The quantitative estimate of drug-likeness (QED) is 0.789. The Balaban J connectivity index is 1.48. The van der Waals surface area contributed by atoms with Crippen LogP contribution < -0.4 is 5.32 Å². The fraction of sp³-hybridized carbons (Fsp3) is 0.450. The van der Waals surface area contributed by atoms with Gasteiger partial charge in [0.05, 0.1) is 6.20 Å². The average Bonchev–Trinajstić information content (AvgIpc) is 3.23. The van der Waals surface area contributed by atoms with Gasteiger partial charge in [-0.05, 0) is 55.9 Å². The van der Waals surface area contributed by atoms with Crippen molar-refractivity contribution in [3.05, 3.63) is 41.4 Å². The van der Waals surface area contributed by atoms with E-state index in [0.717, 1.165) is 24.8 Å². The Hall–Kier alpha value is -2.34. The molecule has 1 saturated heterocycles. The van der Waals surface area contributed by atoms with Crippen molar-refractivity contribution in [2.24, 2.45) is 5.92 Å². The Morgan fingerprint density at radius 1 is 1.26 bits per heavy atom. The predicted octanol–water partition coefficient (Wildman–Crippen LogP) is 4.39. The first kappa shape index (κ1) is 18.0. The van der Waals surface area contributed by atoms with Crippen LogP contribution in [0.2, 0.25) is 5.02 Å². The lowest BCUT2D eigenvalue weighted by molar-refractivity contribution is -0.133. The number of nitrogens with one attached hydrogen (secondary N) is 1. The third-order valence-electron chi connectivity index (χ3n) is 5.76. The molecule has 1 spiro atoms. The van der Waals surface area contributed by atoms with Gasteiger partial charge in [-0.3, -0.25) is 9.69 Å². The second-order valence-corrected chi connectivity index (χ2v) is 7.82. The van der Waals surface area contributed by atoms with Gasteiger partial charge in [0.2, 0.25) is 5.89 Å². The minimum atomic E-state index is -0.742. The van der Waals surface area contributed by atoms with Crippen molar-refractivity contribution in [2.45, 2.75) is 51.1 Å². The van der Waals surface area contributed by atoms with Crippen LogP contribution in [0.3, 0.4) is 0 Å². The molecule has 4 rings (SSSR count). The highest BCUT2D eigenvalue weighted by Crippen LogP contribution is 2.38. The second-order valence-electron chi connectivity index (χ2n) is 7.38. The molecule has 142 valence electrons. The number of halogens is 1. The summed E-state index contributed by atoms with van der Waals surface area (Å²) in [5.74, 6) is 1.39. The van der Waals surface area contributed by atoms with Gasteiger partial charge >= 0.3 is 6.03 Å². The van der Waals surface area contributed by atoms with Gasteiger partial charge in [0.25, 0.3) is 5.91 Å². The molecule has 2 aromatic rings. The van der Waals surface area contributed by atoms with Gasteiger partial charge in [0.15, 0.2) is 5.76 Å². The number of benzene rings is 1. The molecule has 7 heteroatoms. The molecule has 27 heavy (non-hydrogen) atoms. The predicted molar refractivity (Wildman–Crippen MR) is 101 cm³/mol. The Labute approximate surface area is 162 Å². The summed E-state index contributed by atoms with van der Waals surface area (Å²) in [6.45, 7) is 2.21. The lowest BCUT2D eigenvalue weighted by Crippen LogP contribution is -2.49. The first-order valence-corrected chi connectivity index (χ1v) is 9.73. The van der Waals surface area contributed by atoms with E-state index < -0.39 is 5.54 Å². The maximum atomic E-state index is 13.0. The molecule has 1 aromatic heterocycles. The average molecular weight is 388 g/mol. The molecule has 1 N–H and O–H groups in total. The normalized spacial score (nSPS) is 25.3. The van der Waals surface area contributed by atoms with Crippen molar-refractivity contribution in [1.82, 2.24) is 15.2 Å². The van der Waals surface area contributed by atoms with Crippen molar-refractivity contribution in [1.29, 1.82) is 0 Å². The van der Waals surface area contributed by atoms with Crippen LogP contribution in [0, 0.1) is 5.92 Å². The summed E-state index contributed by atoms with van der Waals surface area (Å²) in [6, 6.07) is 6.85. The standard InChI is InChI=1S/C20H22ClN3O3/c1-2-13-7-9-20(10-8-13)18(25)24(19(26)23-20)12-17-22-11-16(27-17)14-3-5-15(21)6-4-14/h3-6,11,13H,2,7-10,12H2,1H3,(H,23,26). The highest BCUT2D eigenvalue weighted by molar-refractivity contribution is 6.30. The molecule has 1 aromatic carbocycles. The fourth-order valence-electron chi connectivity index (χ4n) is 4.00. The van der Waals surface area contributed by atoms with E-state index in [9.17, 15) is 9.59 Å². The molecule has 0 radical (unpaired) electrons. The molecule has 1 saturated carbocycles. The number of aromatic nitrogens is 1. The van der Waals surface area contributed by atoms with Crippen LogP contribution in [0.25, 0.3) is 11.3 Å². The van der Waals surface area contributed by atoms with E-state index in [1.54, 1.807) is 18.3 Å². The van der Waals surface area contributed by atoms with Gasteiger partial charge in [-0.15, -0.1) is 0 Å². The number of hydrogen-bond acceptors (Lipinski definition) is 4. The van der Waals surface area contributed by atoms with Crippen LogP contribution in [-0.2, 0) is 11.3 Å². The molecule has 1 aliphatic carbocycles. The molecule has 3 amide bonds. The van der Waals surface area contributed by atoms with E-state index in [-0.39, 0.29) is 18.5 Å². The summed E-state index contributed by atoms with van der Waals surface area (Å²) in [6.07, 6.45) is 6.06. The second kappa shape index (κ2) is 7.00. The zero-order valence-corrected chi connectivity index (χ0v) is 16.0. The number of rotatable bonds is 4. The molecule has 0 bridgehead atoms. The van der Waals surface area contributed by atoms with Gasteiger partial charge in [-0.1, -0.05) is 24.9 Å². The Bertz CT molecular complexity index is 854. The van der Waals surface area contributed by atoms with Crippen molar-refractivity contribution >= 4 is 23.5 Å². The van der Waals surface area contributed by atoms with Crippen molar-refractivity contribution in [3.8, 4) is 11.3 Å². The molecule has 2 fully saturated rings. The minimum absolute atomic E-state index is 0.0389. The highest BCUT2D eigenvalue weighted by Gasteiger charge is 2.52. The van der Waals surface area contributed by atoms with E-state index in [1.165, 1.54) is 4.90 Å². The molecule has 0 unspecified atom stereocenters. The number of nitrogens with zero attached hydrogens (tertiary/aromatic N) is 2. The highest BCUT2D eigenvalue weighted by atomic mass is 35.5. The van der Waals surface area contributed by atoms with Crippen LogP contribution >= 0.6 is 11.6 Å². The van der Waals surface area contributed by atoms with Crippen molar-refractivity contribution in [2.75, 3.05) is 0 Å². The number of urea groups is 1. The lowest BCUT2D eigenvalue weighted by atomic mass is 9.75. The van der Waals surface area contributed by atoms with Gasteiger partial charge in [-0.2, -0.15) is 0 Å². The Kier molecular flexibility index (Phi) is 4.68. The van der Waals surface area contributed by atoms with E-state index >= 15 is 0 Å². The number of carbonyl (C=O) groups is 2. The maximum absolute atomic E-state index is 13.0. The summed E-state index contributed by atoms with van der Waals surface area (Å²) < 4.78 is 5.75. The van der Waals surface area contributed by atoms with Gasteiger partial charge in [0.1, 0.15) is 12.1 Å². The van der Waals surface area contributed by atoms with E-state index in [1.807, 2.05) is 12.1 Å². The van der Waals surface area contributed by atoms with Gasteiger partial charge < -0.3 is 9.73 Å². The van der Waals surface area contributed by atoms with Crippen LogP contribution in [-0.4, -0.2) is 27.4 Å². The topological polar surface area (TPSA) is 75.4 Å². The molecule has 2 aliphatic rings. The molecule has 6 nitrogen and oxygen atoms in total. The van der Waals surface area contributed by atoms with Gasteiger partial charge in [0, 0.05) is 10.6 Å². The third kappa shape index (κ3) is 3.34. The molecular formula is C20H22ClN3O3. The van der Waals surface area contributed by atoms with Crippen molar-refractivity contribution in [3.63, 3.8) is 0 Å². The number of amides is 3. The molecular weight excluding hydrogens is 366 g/mol. The summed E-state index contributed by atoms with van der Waals surface area (Å²) in [5, 5.41) is 3.57. The number of oxazole rings is 1. The number of carbonyl (C=O) groups excluding carboxylic acids is 2. The smallest absolute Gasteiger partial charge is 0.325 e. The minimum Gasteiger partial charge on any atom is -0.439 e. The third-order valence-corrected chi connectivity index (χ3v) is 6.01. The van der Waals surface area contributed by atoms with Crippen LogP contribution in [0.1, 0.15) is 44.9 Å². The van der Waals surface area contributed by atoms with E-state index in [4.69, 9.17) is 16.0 Å². The fourth-order valence-corrected chi connectivity index (χ4v) is 4.13. The first-order chi connectivity index (χ1) is 13.0. The van der Waals surface area contributed by atoms with Crippen LogP contribution in [0.4, 0.5) is 4.79 Å². The first-order valence-electron chi connectivity index (χ1n) is 9.35. The van der Waals surface area contributed by atoms with E-state index in [0.29, 0.717) is 35.4 Å². The van der Waals surface area contributed by atoms with E-state index in [2.05, 4.69) is 17.2 Å². The van der Waals surface area contributed by atoms with Crippen LogP contribution in [0.15, 0.2) is 34.9 Å². The summed E-state index contributed by atoms with van der Waals surface area (Å²) in [7, 11) is 0. The Morgan fingerprint density at radius 3 is 2.63 bits per heavy atom. The van der Waals surface area contributed by atoms with Crippen molar-refractivity contribution < 1.29 is 14.0 Å². The lowest BCUT2D eigenvalue weighted by Gasteiger charge is -2.34. The summed E-state index contributed by atoms with van der Waals surface area (Å²) in [5.41, 5.74) is 0.0960. The molecule has 0 atom stereocenters. The largest absolute Gasteiger partial charge is 0.439 e. The zero-order valence-electron chi connectivity index (χ0n) is 15.2. The zero-order chi connectivity index (χ0) is 19.0. The Morgan fingerprint density at radius 2 is 1.96 bits per heavy atom. The monoisotopic (exact) mass is 387 g/mol. The molecule has 2 heterocycles. The van der Waals surface area contributed by atoms with Gasteiger partial charge in [-0.25, -0.2) is 9.78 Å². The summed E-state index contributed by atoms with van der Waals surface area (Å²) >= 11 is 5.90. The van der Waals surface area contributed by atoms with Crippen LogP contribution in [0.5, 0.6) is 0 Å². The summed E-state index contributed by atoms with van der Waals surface area (Å²) in [4.78, 5) is 30.9. The SMILES string of the molecule is CCC1CCC2(CC1)NC(=O)N(Cc1ncc(-c3ccc(Cl)cc3)o1)C2=O. The maximum Gasteiger partial charge on any atom is 0.325 e. The molecule has 1 aliphatic heterocycles.